The zero-order valence-corrected chi connectivity index (χ0v) is 11.6. The maximum Gasteiger partial charge on any atom is 0.270 e. The quantitative estimate of drug-likeness (QED) is 0.661. The normalized spacial score (nSPS) is 11.2. The lowest BCUT2D eigenvalue weighted by atomic mass is 10.1. The Bertz CT molecular complexity index is 526. The van der Waals surface area contributed by atoms with Crippen LogP contribution in [0.4, 0.5) is 10.1 Å². The van der Waals surface area contributed by atoms with Crippen LogP contribution in [-0.4, -0.2) is 39.5 Å². The molecule has 1 rings (SSSR count). The Morgan fingerprint density at radius 1 is 1.50 bits per heavy atom. The first-order valence-corrected chi connectivity index (χ1v) is 6.11. The summed E-state index contributed by atoms with van der Waals surface area (Å²) in [5, 5.41) is 20.4. The van der Waals surface area contributed by atoms with Gasteiger partial charge in [0.25, 0.3) is 11.6 Å². The van der Waals surface area contributed by atoms with E-state index in [-0.39, 0.29) is 24.3 Å². The largest absolute Gasteiger partial charge is 0.389 e. The Hall–Kier alpha value is -2.02. The van der Waals surface area contributed by atoms with Crippen LogP contribution in [0.1, 0.15) is 31.1 Å². The summed E-state index contributed by atoms with van der Waals surface area (Å²) in [6.07, 6.45) is 0. The average molecular weight is 284 g/mol. The molecule has 1 aromatic rings. The van der Waals surface area contributed by atoms with E-state index in [9.17, 15) is 24.4 Å². The minimum absolute atomic E-state index is 0.00443. The molecule has 0 spiro atoms. The number of non-ortho nitro benzene ring substituents is 1. The summed E-state index contributed by atoms with van der Waals surface area (Å²) in [4.78, 5) is 23.4. The van der Waals surface area contributed by atoms with Crippen molar-refractivity contribution in [3.8, 4) is 0 Å². The van der Waals surface area contributed by atoms with E-state index in [2.05, 4.69) is 0 Å². The second kappa shape index (κ2) is 5.96. The maximum atomic E-state index is 13.7. The second-order valence-corrected chi connectivity index (χ2v) is 5.05. The van der Waals surface area contributed by atoms with Crippen molar-refractivity contribution in [2.24, 2.45) is 0 Å². The zero-order valence-electron chi connectivity index (χ0n) is 11.6. The van der Waals surface area contributed by atoms with Gasteiger partial charge in [-0.1, -0.05) is 0 Å². The molecule has 0 aliphatic rings. The molecule has 0 unspecified atom stereocenters. The molecule has 0 saturated carbocycles. The molecule has 0 aromatic heterocycles. The van der Waals surface area contributed by atoms with Crippen molar-refractivity contribution in [2.75, 3.05) is 13.1 Å². The van der Waals surface area contributed by atoms with Crippen molar-refractivity contribution in [3.05, 3.63) is 39.7 Å². The van der Waals surface area contributed by atoms with E-state index in [1.807, 2.05) is 0 Å². The van der Waals surface area contributed by atoms with Crippen LogP contribution in [0.5, 0.6) is 0 Å². The number of rotatable bonds is 5. The van der Waals surface area contributed by atoms with Gasteiger partial charge in [-0.3, -0.25) is 14.9 Å². The first kappa shape index (κ1) is 16.0. The SMILES string of the molecule is CCN(CC(C)(C)O)C(=O)c1cc([N+](=O)[O-])ccc1F. The van der Waals surface area contributed by atoms with E-state index < -0.39 is 22.2 Å². The number of carbonyl (C=O) groups excluding carboxylic acids is 1. The van der Waals surface area contributed by atoms with Gasteiger partial charge in [0.1, 0.15) is 5.82 Å². The number of benzene rings is 1. The third-order valence-corrected chi connectivity index (χ3v) is 2.64. The molecule has 7 heteroatoms. The molecule has 6 nitrogen and oxygen atoms in total. The summed E-state index contributed by atoms with van der Waals surface area (Å²) < 4.78 is 13.7. The molecule has 0 bridgehead atoms. The number of hydrogen-bond donors (Lipinski definition) is 1. The second-order valence-electron chi connectivity index (χ2n) is 5.05. The van der Waals surface area contributed by atoms with Crippen molar-refractivity contribution in [3.63, 3.8) is 0 Å². The van der Waals surface area contributed by atoms with E-state index in [4.69, 9.17) is 0 Å². The topological polar surface area (TPSA) is 83.7 Å². The van der Waals surface area contributed by atoms with E-state index in [0.717, 1.165) is 18.2 Å². The molecule has 0 aliphatic heterocycles. The van der Waals surface area contributed by atoms with E-state index in [1.54, 1.807) is 6.92 Å². The van der Waals surface area contributed by atoms with Crippen molar-refractivity contribution in [1.29, 1.82) is 0 Å². The van der Waals surface area contributed by atoms with Gasteiger partial charge in [0.15, 0.2) is 0 Å². The minimum Gasteiger partial charge on any atom is -0.389 e. The van der Waals surface area contributed by atoms with Crippen molar-refractivity contribution < 1.29 is 19.2 Å². The third-order valence-electron chi connectivity index (χ3n) is 2.64. The molecule has 0 atom stereocenters. The van der Waals surface area contributed by atoms with Gasteiger partial charge >= 0.3 is 0 Å². The molecule has 1 aromatic carbocycles. The highest BCUT2D eigenvalue weighted by molar-refractivity contribution is 5.95. The van der Waals surface area contributed by atoms with Crippen LogP contribution in [0.15, 0.2) is 18.2 Å². The van der Waals surface area contributed by atoms with Crippen LogP contribution in [0.2, 0.25) is 0 Å². The molecule has 20 heavy (non-hydrogen) atoms. The lowest BCUT2D eigenvalue weighted by Crippen LogP contribution is -2.42. The highest BCUT2D eigenvalue weighted by atomic mass is 19.1. The molecule has 0 heterocycles. The highest BCUT2D eigenvalue weighted by Gasteiger charge is 2.25. The van der Waals surface area contributed by atoms with E-state index in [0.29, 0.717) is 0 Å². The number of amides is 1. The molecular weight excluding hydrogens is 267 g/mol. The zero-order chi connectivity index (χ0) is 15.5. The predicted octanol–water partition coefficient (Wildman–Crippen LogP) is 1.97. The van der Waals surface area contributed by atoms with Gasteiger partial charge in [-0.15, -0.1) is 0 Å². The van der Waals surface area contributed by atoms with Gasteiger partial charge in [-0.05, 0) is 26.8 Å². The van der Waals surface area contributed by atoms with Crippen LogP contribution in [-0.2, 0) is 0 Å². The Morgan fingerprint density at radius 3 is 2.55 bits per heavy atom. The molecule has 0 fully saturated rings. The van der Waals surface area contributed by atoms with Crippen molar-refractivity contribution in [2.45, 2.75) is 26.4 Å². The molecular formula is C13H17FN2O4. The number of likely N-dealkylation sites (N-methyl/N-ethyl adjacent to an activating group) is 1. The van der Waals surface area contributed by atoms with Gasteiger partial charge in [0.2, 0.25) is 0 Å². The highest BCUT2D eigenvalue weighted by Crippen LogP contribution is 2.19. The average Bonchev–Trinajstić information content (AvgIpc) is 2.34. The van der Waals surface area contributed by atoms with Gasteiger partial charge in [-0.25, -0.2) is 4.39 Å². The smallest absolute Gasteiger partial charge is 0.270 e. The summed E-state index contributed by atoms with van der Waals surface area (Å²) in [5.41, 5.74) is -1.86. The van der Waals surface area contributed by atoms with Gasteiger partial charge in [-0.2, -0.15) is 0 Å². The lowest BCUT2D eigenvalue weighted by Gasteiger charge is -2.28. The van der Waals surface area contributed by atoms with Crippen LogP contribution in [0.3, 0.4) is 0 Å². The van der Waals surface area contributed by atoms with Gasteiger partial charge in [0.05, 0.1) is 16.1 Å². The number of halogens is 1. The predicted molar refractivity (Wildman–Crippen MR) is 70.9 cm³/mol. The number of carbonyl (C=O) groups is 1. The first-order valence-electron chi connectivity index (χ1n) is 6.11. The molecule has 1 N–H and O–H groups in total. The molecule has 0 aliphatic carbocycles. The standard InChI is InChI=1S/C13H17FN2O4/c1-4-15(8-13(2,3)18)12(17)10-7-9(16(19)20)5-6-11(10)14/h5-7,18H,4,8H2,1-3H3. The summed E-state index contributed by atoms with van der Waals surface area (Å²) in [5.74, 6) is -1.51. The lowest BCUT2D eigenvalue weighted by molar-refractivity contribution is -0.384. The van der Waals surface area contributed by atoms with Crippen LogP contribution in [0.25, 0.3) is 0 Å². The number of nitrogens with zero attached hydrogens (tertiary/aromatic N) is 2. The fraction of sp³-hybridized carbons (Fsp3) is 0.462. The van der Waals surface area contributed by atoms with Crippen LogP contribution in [0, 0.1) is 15.9 Å². The summed E-state index contributed by atoms with van der Waals surface area (Å²) in [7, 11) is 0. The number of nitro groups is 1. The van der Waals surface area contributed by atoms with Gasteiger partial charge < -0.3 is 10.0 Å². The third kappa shape index (κ3) is 3.99. The Labute approximate surface area is 116 Å². The number of nitro benzene ring substituents is 1. The summed E-state index contributed by atoms with van der Waals surface area (Å²) in [6.45, 7) is 4.98. The maximum absolute atomic E-state index is 13.7. The molecule has 1 amide bonds. The fourth-order valence-electron chi connectivity index (χ4n) is 1.76. The van der Waals surface area contributed by atoms with E-state index >= 15 is 0 Å². The Kier molecular flexibility index (Phi) is 4.78. The van der Waals surface area contributed by atoms with E-state index in [1.165, 1.54) is 18.7 Å². The van der Waals surface area contributed by atoms with Crippen LogP contribution < -0.4 is 0 Å². The molecule has 0 saturated heterocycles. The minimum atomic E-state index is -1.14. The fourth-order valence-corrected chi connectivity index (χ4v) is 1.76. The summed E-state index contributed by atoms with van der Waals surface area (Å²) in [6, 6.07) is 2.80. The van der Waals surface area contributed by atoms with Crippen molar-refractivity contribution >= 4 is 11.6 Å². The number of hydrogen-bond acceptors (Lipinski definition) is 4. The summed E-state index contributed by atoms with van der Waals surface area (Å²) >= 11 is 0. The molecule has 0 radical (unpaired) electrons. The van der Waals surface area contributed by atoms with Crippen molar-refractivity contribution in [1.82, 2.24) is 4.90 Å². The monoisotopic (exact) mass is 284 g/mol. The first-order chi connectivity index (χ1) is 9.15. The van der Waals surface area contributed by atoms with Crippen LogP contribution >= 0.6 is 0 Å². The Morgan fingerprint density at radius 2 is 2.10 bits per heavy atom. The molecule has 110 valence electrons. The van der Waals surface area contributed by atoms with Gasteiger partial charge in [0, 0.05) is 25.2 Å². The number of aliphatic hydroxyl groups is 1. The Balaban J connectivity index is 3.12.